The molecule has 0 aromatic carbocycles. The predicted molar refractivity (Wildman–Crippen MR) is 71.5 cm³/mol. The summed E-state index contributed by atoms with van der Waals surface area (Å²) in [4.78, 5) is 3.81. The number of nitrogens with two attached hydrogens (primary N) is 1. The van der Waals surface area contributed by atoms with Crippen molar-refractivity contribution in [3.63, 3.8) is 0 Å². The van der Waals surface area contributed by atoms with Gasteiger partial charge in [0.25, 0.3) is 0 Å². The lowest BCUT2D eigenvalue weighted by molar-refractivity contribution is 0.252. The zero-order chi connectivity index (χ0) is 11.3. The van der Waals surface area contributed by atoms with Gasteiger partial charge in [0.1, 0.15) is 0 Å². The van der Waals surface area contributed by atoms with E-state index < -0.39 is 0 Å². The molecule has 0 amide bonds. The van der Waals surface area contributed by atoms with Crippen molar-refractivity contribution in [2.75, 3.05) is 20.1 Å². The van der Waals surface area contributed by atoms with Crippen LogP contribution in [-0.4, -0.2) is 31.1 Å². The van der Waals surface area contributed by atoms with Crippen LogP contribution in [0.5, 0.6) is 0 Å². The fraction of sp³-hybridized carbons (Fsp3) is 0.636. The smallest absolute Gasteiger partial charge is 0.0701 e. The van der Waals surface area contributed by atoms with Crippen LogP contribution in [0.3, 0.4) is 0 Å². The highest BCUT2D eigenvalue weighted by molar-refractivity contribution is 9.11. The van der Waals surface area contributed by atoms with E-state index >= 15 is 0 Å². The summed E-state index contributed by atoms with van der Waals surface area (Å²) in [5.41, 5.74) is 5.55. The molecule has 1 heterocycles. The quantitative estimate of drug-likeness (QED) is 0.873. The number of hydrogen-bond acceptors (Lipinski definition) is 3. The molecule has 15 heavy (non-hydrogen) atoms. The van der Waals surface area contributed by atoms with Crippen molar-refractivity contribution in [3.05, 3.63) is 20.8 Å². The first kappa shape index (κ1) is 13.2. The molecule has 0 radical (unpaired) electrons. The maximum atomic E-state index is 5.55. The molecular formula is C11H19BrN2S. The highest BCUT2D eigenvalue weighted by atomic mass is 79.9. The van der Waals surface area contributed by atoms with Gasteiger partial charge in [0.2, 0.25) is 0 Å². The normalized spacial score (nSPS) is 13.4. The first-order valence-corrected chi connectivity index (χ1v) is 6.89. The van der Waals surface area contributed by atoms with Gasteiger partial charge in [0.05, 0.1) is 3.79 Å². The minimum absolute atomic E-state index is 0.582. The van der Waals surface area contributed by atoms with Crippen LogP contribution in [0.2, 0.25) is 0 Å². The summed E-state index contributed by atoms with van der Waals surface area (Å²) in [7, 11) is 2.17. The Kier molecular flexibility index (Phi) is 5.82. The van der Waals surface area contributed by atoms with Crippen LogP contribution < -0.4 is 5.73 Å². The van der Waals surface area contributed by atoms with E-state index in [2.05, 4.69) is 46.9 Å². The molecule has 86 valence electrons. The van der Waals surface area contributed by atoms with E-state index in [1.54, 1.807) is 0 Å². The van der Waals surface area contributed by atoms with E-state index in [1.165, 1.54) is 8.66 Å². The van der Waals surface area contributed by atoms with Gasteiger partial charge in [-0.1, -0.05) is 0 Å². The van der Waals surface area contributed by atoms with Gasteiger partial charge in [0.15, 0.2) is 0 Å². The first-order valence-electron chi connectivity index (χ1n) is 5.28. The molecule has 4 heteroatoms. The zero-order valence-electron chi connectivity index (χ0n) is 9.37. The number of thiophene rings is 1. The molecule has 0 aliphatic rings. The molecule has 2 nitrogen and oxygen atoms in total. The van der Waals surface area contributed by atoms with Gasteiger partial charge in [-0.05, 0) is 61.4 Å². The van der Waals surface area contributed by atoms with Gasteiger partial charge in [0, 0.05) is 17.5 Å². The standard InChI is InChI=1S/C11H19BrN2S/c1-9(5-7-13)14(2)8-6-10-3-4-11(12)15-10/h3-4,9H,5-8,13H2,1-2H3. The largest absolute Gasteiger partial charge is 0.330 e. The van der Waals surface area contributed by atoms with E-state index in [9.17, 15) is 0 Å². The molecule has 0 spiro atoms. The Bertz CT molecular complexity index is 288. The van der Waals surface area contributed by atoms with Crippen molar-refractivity contribution in [2.24, 2.45) is 5.73 Å². The van der Waals surface area contributed by atoms with Crippen LogP contribution in [0, 0.1) is 0 Å². The van der Waals surface area contributed by atoms with E-state index in [-0.39, 0.29) is 0 Å². The molecule has 0 fully saturated rings. The molecule has 0 aliphatic heterocycles. The number of nitrogens with zero attached hydrogens (tertiary/aromatic N) is 1. The molecule has 0 saturated carbocycles. The highest BCUT2D eigenvalue weighted by Gasteiger charge is 2.08. The summed E-state index contributed by atoms with van der Waals surface area (Å²) in [6.45, 7) is 4.11. The van der Waals surface area contributed by atoms with Crippen LogP contribution in [0.15, 0.2) is 15.9 Å². The Balaban J connectivity index is 2.30. The molecule has 1 aromatic heterocycles. The van der Waals surface area contributed by atoms with E-state index in [4.69, 9.17) is 5.73 Å². The predicted octanol–water partition coefficient (Wildman–Crippen LogP) is 2.72. The molecule has 1 rings (SSSR count). The maximum absolute atomic E-state index is 5.55. The van der Waals surface area contributed by atoms with E-state index in [0.29, 0.717) is 6.04 Å². The molecule has 0 aliphatic carbocycles. The fourth-order valence-corrected chi connectivity index (χ4v) is 2.93. The summed E-state index contributed by atoms with van der Waals surface area (Å²) in [6, 6.07) is 4.89. The fourth-order valence-electron chi connectivity index (χ4n) is 1.45. The van der Waals surface area contributed by atoms with Gasteiger partial charge < -0.3 is 10.6 Å². The molecule has 1 aromatic rings. The molecule has 1 unspecified atom stereocenters. The maximum Gasteiger partial charge on any atom is 0.0701 e. The van der Waals surface area contributed by atoms with Gasteiger partial charge >= 0.3 is 0 Å². The second-order valence-electron chi connectivity index (χ2n) is 3.86. The summed E-state index contributed by atoms with van der Waals surface area (Å²) in [6.07, 6.45) is 2.20. The van der Waals surface area contributed by atoms with Crippen LogP contribution in [0.1, 0.15) is 18.2 Å². The summed E-state index contributed by atoms with van der Waals surface area (Å²) < 4.78 is 1.22. The topological polar surface area (TPSA) is 29.3 Å². The SMILES string of the molecule is CC(CCN)N(C)CCc1ccc(Br)s1. The van der Waals surface area contributed by atoms with Crippen LogP contribution >= 0.6 is 27.3 Å². The van der Waals surface area contributed by atoms with Crippen LogP contribution in [0.25, 0.3) is 0 Å². The van der Waals surface area contributed by atoms with Gasteiger partial charge in [-0.3, -0.25) is 0 Å². The Hall–Kier alpha value is 0.1000. The number of hydrogen-bond donors (Lipinski definition) is 1. The van der Waals surface area contributed by atoms with Gasteiger partial charge in [-0.15, -0.1) is 11.3 Å². The van der Waals surface area contributed by atoms with E-state index in [0.717, 1.165) is 25.9 Å². The molecule has 1 atom stereocenters. The van der Waals surface area contributed by atoms with Crippen molar-refractivity contribution in [1.82, 2.24) is 4.90 Å². The van der Waals surface area contributed by atoms with Crippen molar-refractivity contribution in [3.8, 4) is 0 Å². The molecule has 0 bridgehead atoms. The molecular weight excluding hydrogens is 272 g/mol. The lowest BCUT2D eigenvalue weighted by Crippen LogP contribution is -2.32. The lowest BCUT2D eigenvalue weighted by atomic mass is 10.2. The van der Waals surface area contributed by atoms with Crippen LogP contribution in [0.4, 0.5) is 0 Å². The van der Waals surface area contributed by atoms with Gasteiger partial charge in [-0.2, -0.15) is 0 Å². The Morgan fingerprint density at radius 1 is 1.53 bits per heavy atom. The Morgan fingerprint density at radius 3 is 2.80 bits per heavy atom. The van der Waals surface area contributed by atoms with E-state index in [1.807, 2.05) is 11.3 Å². The molecule has 2 N–H and O–H groups in total. The summed E-state index contributed by atoms with van der Waals surface area (Å²) in [5, 5.41) is 0. The van der Waals surface area contributed by atoms with Crippen LogP contribution in [-0.2, 0) is 6.42 Å². The Morgan fingerprint density at radius 2 is 2.27 bits per heavy atom. The minimum Gasteiger partial charge on any atom is -0.330 e. The van der Waals surface area contributed by atoms with Crippen molar-refractivity contribution >= 4 is 27.3 Å². The second-order valence-corrected chi connectivity index (χ2v) is 6.41. The van der Waals surface area contributed by atoms with Crippen molar-refractivity contribution in [2.45, 2.75) is 25.8 Å². The third-order valence-corrected chi connectivity index (χ3v) is 4.36. The Labute approximate surface area is 105 Å². The van der Waals surface area contributed by atoms with Crippen molar-refractivity contribution < 1.29 is 0 Å². The first-order chi connectivity index (χ1) is 7.13. The third-order valence-electron chi connectivity index (χ3n) is 2.68. The number of halogens is 1. The minimum atomic E-state index is 0.582. The zero-order valence-corrected chi connectivity index (χ0v) is 11.8. The van der Waals surface area contributed by atoms with Crippen molar-refractivity contribution in [1.29, 1.82) is 0 Å². The molecule has 0 saturated heterocycles. The number of likely N-dealkylation sites (N-methyl/N-ethyl adjacent to an activating group) is 1. The highest BCUT2D eigenvalue weighted by Crippen LogP contribution is 2.22. The summed E-state index contributed by atoms with van der Waals surface area (Å²) >= 11 is 5.30. The number of rotatable bonds is 6. The average molecular weight is 291 g/mol. The van der Waals surface area contributed by atoms with Gasteiger partial charge in [-0.25, -0.2) is 0 Å². The average Bonchev–Trinajstić information content (AvgIpc) is 2.61. The second kappa shape index (κ2) is 6.63. The lowest BCUT2D eigenvalue weighted by Gasteiger charge is -2.23. The third kappa shape index (κ3) is 4.64. The summed E-state index contributed by atoms with van der Waals surface area (Å²) in [5.74, 6) is 0. The monoisotopic (exact) mass is 290 g/mol.